The van der Waals surface area contributed by atoms with Gasteiger partial charge in [-0.2, -0.15) is 4.98 Å². The van der Waals surface area contributed by atoms with Gasteiger partial charge in [-0.05, 0) is 67.0 Å². The van der Waals surface area contributed by atoms with E-state index in [0.29, 0.717) is 29.9 Å². The zero-order valence-electron chi connectivity index (χ0n) is 22.6. The monoisotopic (exact) mass is 506 g/mol. The molecular weight excluding hydrogens is 472 g/mol. The van der Waals surface area contributed by atoms with E-state index < -0.39 is 12.0 Å². The first-order valence-electron chi connectivity index (χ1n) is 13.2. The number of hydrogen-bond donors (Lipinski definition) is 1. The van der Waals surface area contributed by atoms with Crippen molar-refractivity contribution in [2.24, 2.45) is 21.8 Å². The lowest BCUT2D eigenvalue weighted by Gasteiger charge is -2.31. The van der Waals surface area contributed by atoms with Crippen LogP contribution in [0.1, 0.15) is 61.4 Å². The van der Waals surface area contributed by atoms with Crippen LogP contribution in [0.15, 0.2) is 87.2 Å². The van der Waals surface area contributed by atoms with Gasteiger partial charge in [0.25, 0.3) is 0 Å². The summed E-state index contributed by atoms with van der Waals surface area (Å²) in [4.78, 5) is 28.3. The maximum atomic E-state index is 14.1. The molecule has 2 heterocycles. The van der Waals surface area contributed by atoms with E-state index in [0.717, 1.165) is 22.4 Å². The molecule has 3 unspecified atom stereocenters. The van der Waals surface area contributed by atoms with Crippen LogP contribution in [0.25, 0.3) is 11.1 Å². The third-order valence-electron chi connectivity index (χ3n) is 7.49. The maximum Gasteiger partial charge on any atom is 0.302 e. The van der Waals surface area contributed by atoms with E-state index in [2.05, 4.69) is 68.3 Å². The number of para-hydroxylation sites is 2. The predicted octanol–water partition coefficient (Wildman–Crippen LogP) is 7.44. The number of ketones is 1. The van der Waals surface area contributed by atoms with Gasteiger partial charge in [0, 0.05) is 12.1 Å². The average Bonchev–Trinajstić information content (AvgIpc) is 3.30. The van der Waals surface area contributed by atoms with Crippen molar-refractivity contribution in [2.45, 2.75) is 53.0 Å². The van der Waals surface area contributed by atoms with E-state index in [-0.39, 0.29) is 11.7 Å². The molecule has 6 heteroatoms. The summed E-state index contributed by atoms with van der Waals surface area (Å²) in [6.07, 6.45) is 0.436. The third kappa shape index (κ3) is 5.17. The van der Waals surface area contributed by atoms with Crippen molar-refractivity contribution in [2.75, 3.05) is 5.32 Å². The third-order valence-corrected chi connectivity index (χ3v) is 7.49. The van der Waals surface area contributed by atoms with Gasteiger partial charge in [-0.15, -0.1) is 0 Å². The molecule has 0 spiro atoms. The predicted molar refractivity (Wildman–Crippen MR) is 154 cm³/mol. The van der Waals surface area contributed by atoms with Crippen LogP contribution >= 0.6 is 0 Å². The Kier molecular flexibility index (Phi) is 7.23. The molecule has 0 amide bonds. The molecule has 1 aliphatic rings. The highest BCUT2D eigenvalue weighted by Gasteiger charge is 2.37. The maximum absolute atomic E-state index is 14.1. The highest BCUT2D eigenvalue weighted by Crippen LogP contribution is 2.38. The highest BCUT2D eigenvalue weighted by molar-refractivity contribution is 6.12. The largest absolute Gasteiger partial charge is 0.423 e. The molecule has 0 aliphatic carbocycles. The number of aliphatic imine (C=N–C) groups is 2. The van der Waals surface area contributed by atoms with Gasteiger partial charge in [0.1, 0.15) is 11.3 Å². The molecule has 6 nitrogen and oxygen atoms in total. The molecule has 0 bridgehead atoms. The quantitative estimate of drug-likeness (QED) is 0.282. The molecule has 38 heavy (non-hydrogen) atoms. The fraction of sp³-hybridized carbons (Fsp3) is 0.312. The Labute approximate surface area is 223 Å². The lowest BCUT2D eigenvalue weighted by molar-refractivity contribution is -0.122. The molecule has 1 aromatic heterocycles. The van der Waals surface area contributed by atoms with Gasteiger partial charge in [-0.1, -0.05) is 74.5 Å². The Balaban J connectivity index is 1.49. The molecule has 0 saturated carbocycles. The highest BCUT2D eigenvalue weighted by atomic mass is 16.4. The van der Waals surface area contributed by atoms with Gasteiger partial charge >= 0.3 is 6.01 Å². The normalized spacial score (nSPS) is 18.3. The molecule has 3 atom stereocenters. The standard InChI is InChI=1S/C32H34N4O2/c1-19(2)25(23-14-8-6-12-20(23)3)18-27(37)29-22(5)33-31(35-30(29)24-15-9-7-13-21(24)4)36-32-34-26-16-10-11-17-28(26)38-32/h6-17,19,25,29-30H,18H2,1-5H3,(H,34,35,36). The minimum atomic E-state index is -0.449. The fourth-order valence-electron chi connectivity index (χ4n) is 5.41. The minimum absolute atomic E-state index is 0.122. The van der Waals surface area contributed by atoms with Crippen LogP contribution in [0.4, 0.5) is 6.01 Å². The first-order chi connectivity index (χ1) is 18.3. The Morgan fingerprint density at radius 1 is 0.921 bits per heavy atom. The van der Waals surface area contributed by atoms with Crippen molar-refractivity contribution in [3.63, 3.8) is 0 Å². The Morgan fingerprint density at radius 2 is 1.61 bits per heavy atom. The van der Waals surface area contributed by atoms with E-state index in [1.165, 1.54) is 11.1 Å². The zero-order chi connectivity index (χ0) is 26.8. The first kappa shape index (κ1) is 25.6. The number of carbonyl (C=O) groups is 1. The van der Waals surface area contributed by atoms with E-state index >= 15 is 0 Å². The summed E-state index contributed by atoms with van der Waals surface area (Å²) in [6, 6.07) is 24.0. The number of anilines is 1. The van der Waals surface area contributed by atoms with Crippen LogP contribution in [0.3, 0.4) is 0 Å². The molecule has 4 aromatic rings. The first-order valence-corrected chi connectivity index (χ1v) is 13.2. The lowest BCUT2D eigenvalue weighted by Crippen LogP contribution is -2.35. The summed E-state index contributed by atoms with van der Waals surface area (Å²) in [7, 11) is 0. The molecule has 0 radical (unpaired) electrons. The van der Waals surface area contributed by atoms with Gasteiger partial charge in [0.2, 0.25) is 5.96 Å². The van der Waals surface area contributed by atoms with Gasteiger partial charge in [-0.3, -0.25) is 10.1 Å². The fourth-order valence-corrected chi connectivity index (χ4v) is 5.41. The second-order valence-electron chi connectivity index (χ2n) is 10.5. The van der Waals surface area contributed by atoms with Gasteiger partial charge in [-0.25, -0.2) is 9.98 Å². The number of carbonyl (C=O) groups excluding carboxylic acids is 1. The van der Waals surface area contributed by atoms with Gasteiger partial charge < -0.3 is 4.42 Å². The summed E-state index contributed by atoms with van der Waals surface area (Å²) in [5, 5.41) is 3.15. The van der Waals surface area contributed by atoms with Crippen LogP contribution in [0, 0.1) is 25.7 Å². The number of nitrogens with one attached hydrogen (secondary N) is 1. The van der Waals surface area contributed by atoms with E-state index in [4.69, 9.17) is 14.4 Å². The summed E-state index contributed by atoms with van der Waals surface area (Å²) < 4.78 is 5.84. The molecule has 194 valence electrons. The smallest absolute Gasteiger partial charge is 0.302 e. The SMILES string of the molecule is CC1=NC(Nc2nc3ccccc3o2)=NC(c2ccccc2C)C1C(=O)CC(c1ccccc1C)C(C)C. The number of rotatable bonds is 7. The molecular formula is C32H34N4O2. The van der Waals surface area contributed by atoms with Crippen LogP contribution in [-0.4, -0.2) is 22.4 Å². The van der Waals surface area contributed by atoms with Gasteiger partial charge in [0.05, 0.1) is 12.0 Å². The van der Waals surface area contributed by atoms with Crippen molar-refractivity contribution in [1.29, 1.82) is 0 Å². The number of hydrogen-bond acceptors (Lipinski definition) is 6. The van der Waals surface area contributed by atoms with Crippen molar-refractivity contribution in [3.05, 3.63) is 95.1 Å². The Morgan fingerprint density at radius 3 is 2.32 bits per heavy atom. The summed E-state index contributed by atoms with van der Waals surface area (Å²) in [5.74, 6) is 0.544. The molecule has 0 fully saturated rings. The molecule has 0 saturated heterocycles. The minimum Gasteiger partial charge on any atom is -0.423 e. The Bertz CT molecular complexity index is 1500. The summed E-state index contributed by atoms with van der Waals surface area (Å²) >= 11 is 0. The molecule has 3 aromatic carbocycles. The number of guanidine groups is 1. The number of benzene rings is 3. The molecule has 5 rings (SSSR count). The summed E-state index contributed by atoms with van der Waals surface area (Å²) in [6.45, 7) is 10.5. The van der Waals surface area contributed by atoms with Gasteiger partial charge in [0.15, 0.2) is 5.58 Å². The Hall–Kier alpha value is -4.06. The van der Waals surface area contributed by atoms with Crippen molar-refractivity contribution in [1.82, 2.24) is 4.98 Å². The van der Waals surface area contributed by atoms with E-state index in [1.54, 1.807) is 0 Å². The second-order valence-corrected chi connectivity index (χ2v) is 10.5. The van der Waals surface area contributed by atoms with E-state index in [1.807, 2.05) is 49.4 Å². The summed E-state index contributed by atoms with van der Waals surface area (Å²) in [5.41, 5.74) is 6.74. The lowest BCUT2D eigenvalue weighted by atomic mass is 9.76. The number of fused-ring (bicyclic) bond motifs is 1. The van der Waals surface area contributed by atoms with Crippen LogP contribution in [0.2, 0.25) is 0 Å². The molecule has 1 aliphatic heterocycles. The van der Waals surface area contributed by atoms with Crippen molar-refractivity contribution < 1.29 is 9.21 Å². The number of nitrogens with zero attached hydrogens (tertiary/aromatic N) is 3. The van der Waals surface area contributed by atoms with Crippen LogP contribution in [0.5, 0.6) is 0 Å². The topological polar surface area (TPSA) is 79.8 Å². The number of Topliss-reactive ketones (excluding diaryl/α,β-unsaturated/α-hetero) is 1. The number of aryl methyl sites for hydroxylation is 2. The van der Waals surface area contributed by atoms with Crippen LogP contribution in [-0.2, 0) is 4.79 Å². The number of aromatic nitrogens is 1. The second kappa shape index (κ2) is 10.7. The van der Waals surface area contributed by atoms with Crippen molar-refractivity contribution in [3.8, 4) is 0 Å². The number of oxazole rings is 1. The van der Waals surface area contributed by atoms with E-state index in [9.17, 15) is 4.79 Å². The average molecular weight is 507 g/mol. The zero-order valence-corrected chi connectivity index (χ0v) is 22.6. The van der Waals surface area contributed by atoms with Crippen LogP contribution < -0.4 is 5.32 Å². The van der Waals surface area contributed by atoms with Crippen molar-refractivity contribution >= 4 is 34.6 Å². The molecule has 1 N–H and O–H groups in total.